The number of ether oxygens (including phenoxy) is 1. The molecule has 0 radical (unpaired) electrons. The molecule has 0 spiro atoms. The van der Waals surface area contributed by atoms with Crippen molar-refractivity contribution in [3.8, 4) is 0 Å². The van der Waals surface area contributed by atoms with E-state index in [9.17, 15) is 5.11 Å². The molecule has 20 heavy (non-hydrogen) atoms. The van der Waals surface area contributed by atoms with Crippen LogP contribution in [-0.4, -0.2) is 24.4 Å². The van der Waals surface area contributed by atoms with E-state index in [0.29, 0.717) is 19.8 Å². The van der Waals surface area contributed by atoms with Gasteiger partial charge in [-0.25, -0.2) is 0 Å². The second-order valence-corrected chi connectivity index (χ2v) is 5.37. The average molecular weight is 336 g/mol. The summed E-state index contributed by atoms with van der Waals surface area (Å²) in [5.41, 5.74) is 2.08. The van der Waals surface area contributed by atoms with Crippen LogP contribution in [0.1, 0.15) is 5.56 Å². The van der Waals surface area contributed by atoms with Crippen molar-refractivity contribution >= 4 is 21.6 Å². The van der Waals surface area contributed by atoms with E-state index in [1.54, 1.807) is 0 Å². The lowest BCUT2D eigenvalue weighted by Gasteiger charge is -2.14. The number of nitrogens with one attached hydrogen (secondary N) is 1. The van der Waals surface area contributed by atoms with Gasteiger partial charge in [0.1, 0.15) is 0 Å². The van der Waals surface area contributed by atoms with Gasteiger partial charge >= 0.3 is 0 Å². The second-order valence-electron chi connectivity index (χ2n) is 4.52. The van der Waals surface area contributed by atoms with Gasteiger partial charge in [0.25, 0.3) is 0 Å². The monoisotopic (exact) mass is 335 g/mol. The third kappa shape index (κ3) is 4.96. The van der Waals surface area contributed by atoms with Crippen molar-refractivity contribution in [1.82, 2.24) is 0 Å². The van der Waals surface area contributed by atoms with Gasteiger partial charge in [0.15, 0.2) is 0 Å². The van der Waals surface area contributed by atoms with Crippen molar-refractivity contribution in [1.29, 1.82) is 0 Å². The minimum Gasteiger partial charge on any atom is -0.389 e. The highest BCUT2D eigenvalue weighted by Gasteiger charge is 2.05. The quantitative estimate of drug-likeness (QED) is 0.814. The summed E-state index contributed by atoms with van der Waals surface area (Å²) in [7, 11) is 0. The molecule has 4 heteroatoms. The molecule has 0 bridgehead atoms. The SMILES string of the molecule is OC(CNc1ccccc1Br)COCc1ccccc1. The normalized spacial score (nSPS) is 12.1. The van der Waals surface area contributed by atoms with Crippen LogP contribution in [0.4, 0.5) is 5.69 Å². The van der Waals surface area contributed by atoms with E-state index in [0.717, 1.165) is 15.7 Å². The predicted molar refractivity (Wildman–Crippen MR) is 84.7 cm³/mol. The van der Waals surface area contributed by atoms with Crippen molar-refractivity contribution in [2.24, 2.45) is 0 Å². The Morgan fingerprint density at radius 3 is 2.50 bits per heavy atom. The number of hydrogen-bond acceptors (Lipinski definition) is 3. The van der Waals surface area contributed by atoms with Crippen molar-refractivity contribution < 1.29 is 9.84 Å². The largest absolute Gasteiger partial charge is 0.389 e. The molecule has 0 fully saturated rings. The Morgan fingerprint density at radius 1 is 1.05 bits per heavy atom. The van der Waals surface area contributed by atoms with Crippen LogP contribution in [0, 0.1) is 0 Å². The van der Waals surface area contributed by atoms with Crippen molar-refractivity contribution in [2.75, 3.05) is 18.5 Å². The molecule has 0 aliphatic heterocycles. The van der Waals surface area contributed by atoms with Gasteiger partial charge in [-0.1, -0.05) is 42.5 Å². The fraction of sp³-hybridized carbons (Fsp3) is 0.250. The lowest BCUT2D eigenvalue weighted by molar-refractivity contribution is 0.0348. The van der Waals surface area contributed by atoms with Crippen LogP contribution in [0.15, 0.2) is 59.1 Å². The van der Waals surface area contributed by atoms with Gasteiger partial charge in [-0.2, -0.15) is 0 Å². The van der Waals surface area contributed by atoms with E-state index >= 15 is 0 Å². The maximum Gasteiger partial charge on any atom is 0.0945 e. The Balaban J connectivity index is 1.68. The molecule has 0 saturated heterocycles. The van der Waals surface area contributed by atoms with Gasteiger partial charge in [-0.3, -0.25) is 0 Å². The molecule has 3 nitrogen and oxygen atoms in total. The molecule has 0 saturated carbocycles. The smallest absolute Gasteiger partial charge is 0.0945 e. The van der Waals surface area contributed by atoms with E-state index < -0.39 is 6.10 Å². The first-order valence-electron chi connectivity index (χ1n) is 6.54. The third-order valence-corrected chi connectivity index (χ3v) is 3.52. The van der Waals surface area contributed by atoms with Crippen molar-refractivity contribution in [3.63, 3.8) is 0 Å². The number of aliphatic hydroxyl groups excluding tert-OH is 1. The average Bonchev–Trinajstić information content (AvgIpc) is 2.47. The van der Waals surface area contributed by atoms with Gasteiger partial charge in [0.05, 0.1) is 19.3 Å². The fourth-order valence-electron chi connectivity index (χ4n) is 1.78. The fourth-order valence-corrected chi connectivity index (χ4v) is 2.20. The van der Waals surface area contributed by atoms with E-state index in [1.165, 1.54) is 0 Å². The number of rotatable bonds is 7. The summed E-state index contributed by atoms with van der Waals surface area (Å²) in [4.78, 5) is 0. The predicted octanol–water partition coefficient (Wildman–Crippen LogP) is 3.44. The molecule has 1 unspecified atom stereocenters. The van der Waals surface area contributed by atoms with Gasteiger partial charge in [0.2, 0.25) is 0 Å². The Morgan fingerprint density at radius 2 is 1.75 bits per heavy atom. The molecular weight excluding hydrogens is 318 g/mol. The van der Waals surface area contributed by atoms with Gasteiger partial charge in [-0.15, -0.1) is 0 Å². The highest BCUT2D eigenvalue weighted by molar-refractivity contribution is 9.10. The summed E-state index contributed by atoms with van der Waals surface area (Å²) in [6.45, 7) is 1.29. The van der Waals surface area contributed by atoms with Crippen LogP contribution >= 0.6 is 15.9 Å². The van der Waals surface area contributed by atoms with Crippen molar-refractivity contribution in [3.05, 3.63) is 64.6 Å². The molecule has 106 valence electrons. The Kier molecular flexibility index (Phi) is 6.05. The summed E-state index contributed by atoms with van der Waals surface area (Å²) in [6, 6.07) is 17.8. The highest BCUT2D eigenvalue weighted by Crippen LogP contribution is 2.20. The summed E-state index contributed by atoms with van der Waals surface area (Å²) in [6.07, 6.45) is -0.536. The molecule has 0 aliphatic rings. The maximum atomic E-state index is 9.88. The molecule has 2 aromatic carbocycles. The minimum atomic E-state index is -0.536. The van der Waals surface area contributed by atoms with Crippen LogP contribution in [-0.2, 0) is 11.3 Å². The van der Waals surface area contributed by atoms with Crippen LogP contribution in [0.25, 0.3) is 0 Å². The molecule has 0 heterocycles. The Hall–Kier alpha value is -1.36. The first-order chi connectivity index (χ1) is 9.75. The summed E-state index contributed by atoms with van der Waals surface area (Å²) < 4.78 is 6.48. The number of para-hydroxylation sites is 1. The van der Waals surface area contributed by atoms with Gasteiger partial charge < -0.3 is 15.2 Å². The van der Waals surface area contributed by atoms with E-state index in [2.05, 4.69) is 21.2 Å². The first kappa shape index (κ1) is 15.0. The summed E-state index contributed by atoms with van der Waals surface area (Å²) in [5.74, 6) is 0. The van der Waals surface area contributed by atoms with Crippen molar-refractivity contribution in [2.45, 2.75) is 12.7 Å². The van der Waals surface area contributed by atoms with Crippen LogP contribution in [0.2, 0.25) is 0 Å². The molecule has 2 N–H and O–H groups in total. The Bertz CT molecular complexity index is 519. The summed E-state index contributed by atoms with van der Waals surface area (Å²) in [5, 5.41) is 13.1. The van der Waals surface area contributed by atoms with Gasteiger partial charge in [0, 0.05) is 16.7 Å². The summed E-state index contributed by atoms with van der Waals surface area (Å²) >= 11 is 3.45. The van der Waals surface area contributed by atoms with Gasteiger partial charge in [-0.05, 0) is 33.6 Å². The molecule has 0 aromatic heterocycles. The standard InChI is InChI=1S/C16H18BrNO2/c17-15-8-4-5-9-16(15)18-10-14(19)12-20-11-13-6-2-1-3-7-13/h1-9,14,18-19H,10-12H2. The highest BCUT2D eigenvalue weighted by atomic mass is 79.9. The molecule has 2 aromatic rings. The molecule has 2 rings (SSSR count). The molecule has 0 amide bonds. The second kappa shape index (κ2) is 8.04. The molecular formula is C16H18BrNO2. The Labute approximate surface area is 127 Å². The lowest BCUT2D eigenvalue weighted by Crippen LogP contribution is -2.24. The zero-order chi connectivity index (χ0) is 14.2. The zero-order valence-electron chi connectivity index (χ0n) is 11.1. The topological polar surface area (TPSA) is 41.5 Å². The van der Waals surface area contributed by atoms with E-state index in [4.69, 9.17) is 4.74 Å². The first-order valence-corrected chi connectivity index (χ1v) is 7.33. The maximum absolute atomic E-state index is 9.88. The lowest BCUT2D eigenvalue weighted by atomic mass is 10.2. The number of anilines is 1. The van der Waals surface area contributed by atoms with Crippen LogP contribution in [0.5, 0.6) is 0 Å². The third-order valence-electron chi connectivity index (χ3n) is 2.82. The molecule has 1 atom stereocenters. The van der Waals surface area contributed by atoms with Crippen LogP contribution < -0.4 is 5.32 Å². The zero-order valence-corrected chi connectivity index (χ0v) is 12.7. The number of benzene rings is 2. The number of halogens is 1. The van der Waals surface area contributed by atoms with E-state index in [-0.39, 0.29) is 0 Å². The molecule has 0 aliphatic carbocycles. The minimum absolute atomic E-state index is 0.312. The van der Waals surface area contributed by atoms with Crippen LogP contribution in [0.3, 0.4) is 0 Å². The van der Waals surface area contributed by atoms with E-state index in [1.807, 2.05) is 54.6 Å². The number of aliphatic hydroxyl groups is 1. The number of hydrogen-bond donors (Lipinski definition) is 2.